The normalized spacial score (nSPS) is 10.6. The molecule has 25 heavy (non-hydrogen) atoms. The Hall–Kier alpha value is -3.22. The van der Waals surface area contributed by atoms with E-state index < -0.39 is 5.91 Å². The van der Waals surface area contributed by atoms with E-state index in [0.29, 0.717) is 17.9 Å². The number of ether oxygens (including phenoxy) is 2. The van der Waals surface area contributed by atoms with E-state index >= 15 is 0 Å². The Bertz CT molecular complexity index is 774. The van der Waals surface area contributed by atoms with Gasteiger partial charge in [0.2, 0.25) is 0 Å². The van der Waals surface area contributed by atoms with Gasteiger partial charge in [-0.2, -0.15) is 0 Å². The van der Waals surface area contributed by atoms with Crippen molar-refractivity contribution in [3.05, 3.63) is 47.5 Å². The minimum Gasteiger partial charge on any atom is -0.504 e. The van der Waals surface area contributed by atoms with Gasteiger partial charge in [0, 0.05) is 18.3 Å². The van der Waals surface area contributed by atoms with E-state index in [-0.39, 0.29) is 29.4 Å². The Kier molecular flexibility index (Phi) is 6.22. The summed E-state index contributed by atoms with van der Waals surface area (Å²) in [5, 5.41) is 22.5. The second-order valence-corrected chi connectivity index (χ2v) is 5.05. The summed E-state index contributed by atoms with van der Waals surface area (Å²) in [5.41, 5.74) is 0.657. The number of carbonyl (C=O) groups excluding carboxylic acids is 1. The van der Waals surface area contributed by atoms with Crippen LogP contribution in [0.25, 0.3) is 0 Å². The highest BCUT2D eigenvalue weighted by Gasteiger charge is 2.13. The summed E-state index contributed by atoms with van der Waals surface area (Å²) in [6, 6.07) is 9.79. The van der Waals surface area contributed by atoms with Gasteiger partial charge in [0.05, 0.1) is 26.3 Å². The Labute approximate surface area is 145 Å². The Morgan fingerprint density at radius 1 is 1.08 bits per heavy atom. The van der Waals surface area contributed by atoms with Crippen LogP contribution in [0.1, 0.15) is 15.9 Å². The number of nitrogens with one attached hydrogen (secondary N) is 1. The molecule has 0 spiro atoms. The fourth-order valence-corrected chi connectivity index (χ4v) is 2.17. The standard InChI is InChI=1S/C18H20N2O5/c1-24-14-7-3-5-12(16(14)21)11-19-9-10-20-18(23)13-6-4-8-15(25-2)17(13)22/h3-8,11,21-22H,9-10H2,1-2H3,(H,20,23). The van der Waals surface area contributed by atoms with Crippen molar-refractivity contribution in [2.75, 3.05) is 27.3 Å². The molecule has 0 heterocycles. The van der Waals surface area contributed by atoms with Gasteiger partial charge in [0.15, 0.2) is 23.0 Å². The molecule has 0 fully saturated rings. The number of benzene rings is 2. The molecule has 0 unspecified atom stereocenters. The van der Waals surface area contributed by atoms with E-state index in [1.165, 1.54) is 26.5 Å². The molecular formula is C18H20N2O5. The number of hydrogen-bond acceptors (Lipinski definition) is 6. The van der Waals surface area contributed by atoms with Crippen molar-refractivity contribution in [1.29, 1.82) is 0 Å². The van der Waals surface area contributed by atoms with Gasteiger partial charge in [-0.05, 0) is 24.3 Å². The summed E-state index contributed by atoms with van der Waals surface area (Å²) in [5.74, 6) is -0.00727. The summed E-state index contributed by atoms with van der Waals surface area (Å²) >= 11 is 0. The predicted molar refractivity (Wildman–Crippen MR) is 94.1 cm³/mol. The van der Waals surface area contributed by atoms with E-state index in [2.05, 4.69) is 10.3 Å². The van der Waals surface area contributed by atoms with Crippen molar-refractivity contribution in [2.45, 2.75) is 0 Å². The van der Waals surface area contributed by atoms with Crippen LogP contribution in [0, 0.1) is 0 Å². The van der Waals surface area contributed by atoms with E-state index in [1.807, 2.05) is 0 Å². The van der Waals surface area contributed by atoms with Crippen LogP contribution >= 0.6 is 0 Å². The van der Waals surface area contributed by atoms with Crippen LogP contribution in [0.2, 0.25) is 0 Å². The fraction of sp³-hybridized carbons (Fsp3) is 0.222. The van der Waals surface area contributed by atoms with Crippen LogP contribution in [0.3, 0.4) is 0 Å². The smallest absolute Gasteiger partial charge is 0.255 e. The molecule has 132 valence electrons. The zero-order valence-corrected chi connectivity index (χ0v) is 14.0. The Morgan fingerprint density at radius 2 is 1.72 bits per heavy atom. The third-order valence-corrected chi connectivity index (χ3v) is 3.47. The molecule has 0 aliphatic carbocycles. The summed E-state index contributed by atoms with van der Waals surface area (Å²) < 4.78 is 9.99. The molecule has 0 aliphatic rings. The molecule has 0 saturated heterocycles. The maximum Gasteiger partial charge on any atom is 0.255 e. The highest BCUT2D eigenvalue weighted by Crippen LogP contribution is 2.29. The lowest BCUT2D eigenvalue weighted by molar-refractivity contribution is 0.0951. The number of aliphatic imine (C=N–C) groups is 1. The van der Waals surface area contributed by atoms with Crippen LogP contribution in [-0.2, 0) is 0 Å². The molecule has 3 N–H and O–H groups in total. The van der Waals surface area contributed by atoms with Gasteiger partial charge in [-0.1, -0.05) is 12.1 Å². The highest BCUT2D eigenvalue weighted by molar-refractivity contribution is 5.97. The van der Waals surface area contributed by atoms with Crippen molar-refractivity contribution in [3.8, 4) is 23.0 Å². The van der Waals surface area contributed by atoms with Crippen molar-refractivity contribution < 1.29 is 24.5 Å². The van der Waals surface area contributed by atoms with Crippen LogP contribution in [0.4, 0.5) is 0 Å². The third-order valence-electron chi connectivity index (χ3n) is 3.47. The average Bonchev–Trinajstić information content (AvgIpc) is 2.62. The maximum atomic E-state index is 12.1. The molecule has 1 amide bonds. The molecule has 0 radical (unpaired) electrons. The summed E-state index contributed by atoms with van der Waals surface area (Å²) in [4.78, 5) is 16.2. The molecule has 0 aromatic heterocycles. The number of nitrogens with zero attached hydrogens (tertiary/aromatic N) is 1. The number of carbonyl (C=O) groups is 1. The molecule has 0 atom stereocenters. The summed E-state index contributed by atoms with van der Waals surface area (Å²) in [6.07, 6.45) is 1.51. The number of para-hydroxylation sites is 2. The van der Waals surface area contributed by atoms with Crippen molar-refractivity contribution in [1.82, 2.24) is 5.32 Å². The number of phenols is 2. The third kappa shape index (κ3) is 4.41. The van der Waals surface area contributed by atoms with Gasteiger partial charge in [0.1, 0.15) is 0 Å². The van der Waals surface area contributed by atoms with Gasteiger partial charge < -0.3 is 25.0 Å². The molecule has 0 saturated carbocycles. The number of phenolic OH excluding ortho intramolecular Hbond substituents is 2. The second kappa shape index (κ2) is 8.58. The van der Waals surface area contributed by atoms with Gasteiger partial charge in [-0.25, -0.2) is 0 Å². The first-order valence-electron chi connectivity index (χ1n) is 7.58. The van der Waals surface area contributed by atoms with Crippen LogP contribution in [0.5, 0.6) is 23.0 Å². The monoisotopic (exact) mass is 344 g/mol. The highest BCUT2D eigenvalue weighted by atomic mass is 16.5. The molecular weight excluding hydrogens is 324 g/mol. The van der Waals surface area contributed by atoms with Crippen LogP contribution in [-0.4, -0.2) is 49.6 Å². The lowest BCUT2D eigenvalue weighted by Gasteiger charge is -2.08. The van der Waals surface area contributed by atoms with Crippen molar-refractivity contribution in [2.24, 2.45) is 4.99 Å². The first kappa shape index (κ1) is 18.1. The number of methoxy groups -OCH3 is 2. The predicted octanol–water partition coefficient (Wildman–Crippen LogP) is 1.96. The minimum atomic E-state index is -0.421. The van der Waals surface area contributed by atoms with E-state index in [4.69, 9.17) is 9.47 Å². The lowest BCUT2D eigenvalue weighted by Crippen LogP contribution is -2.26. The second-order valence-electron chi connectivity index (χ2n) is 5.05. The molecule has 7 heteroatoms. The number of aromatic hydroxyl groups is 2. The van der Waals surface area contributed by atoms with Gasteiger partial charge in [-0.15, -0.1) is 0 Å². The maximum absolute atomic E-state index is 12.1. The summed E-state index contributed by atoms with van der Waals surface area (Å²) in [7, 11) is 2.89. The van der Waals surface area contributed by atoms with E-state index in [1.54, 1.807) is 30.3 Å². The summed E-state index contributed by atoms with van der Waals surface area (Å²) in [6.45, 7) is 0.587. The number of rotatable bonds is 7. The fourth-order valence-electron chi connectivity index (χ4n) is 2.17. The first-order valence-corrected chi connectivity index (χ1v) is 7.58. The van der Waals surface area contributed by atoms with Gasteiger partial charge >= 0.3 is 0 Å². The molecule has 2 aromatic rings. The SMILES string of the molecule is COc1cccc(C=NCCNC(=O)c2cccc(OC)c2O)c1O. The zero-order valence-electron chi connectivity index (χ0n) is 14.0. The van der Waals surface area contributed by atoms with Crippen molar-refractivity contribution >= 4 is 12.1 Å². The molecule has 0 bridgehead atoms. The van der Waals surface area contributed by atoms with E-state index in [9.17, 15) is 15.0 Å². The Morgan fingerprint density at radius 3 is 2.40 bits per heavy atom. The first-order chi connectivity index (χ1) is 12.1. The number of hydrogen-bond donors (Lipinski definition) is 3. The minimum absolute atomic E-state index is 0.0130. The largest absolute Gasteiger partial charge is 0.504 e. The average molecular weight is 344 g/mol. The van der Waals surface area contributed by atoms with Gasteiger partial charge in [-0.3, -0.25) is 9.79 Å². The topological polar surface area (TPSA) is 100 Å². The molecule has 2 rings (SSSR count). The van der Waals surface area contributed by atoms with E-state index in [0.717, 1.165) is 0 Å². The molecule has 7 nitrogen and oxygen atoms in total. The van der Waals surface area contributed by atoms with Gasteiger partial charge in [0.25, 0.3) is 5.91 Å². The molecule has 2 aromatic carbocycles. The quantitative estimate of drug-likeness (QED) is 0.527. The molecule has 0 aliphatic heterocycles. The lowest BCUT2D eigenvalue weighted by atomic mass is 10.1. The number of amides is 1. The zero-order chi connectivity index (χ0) is 18.2. The van der Waals surface area contributed by atoms with Crippen LogP contribution < -0.4 is 14.8 Å². The Balaban J connectivity index is 1.90. The van der Waals surface area contributed by atoms with Crippen molar-refractivity contribution in [3.63, 3.8) is 0 Å². The van der Waals surface area contributed by atoms with Crippen LogP contribution in [0.15, 0.2) is 41.4 Å².